The monoisotopic (exact) mass is 296 g/mol. The molecule has 1 unspecified atom stereocenters. The molecule has 3 amide bonds. The molecule has 1 atom stereocenters. The van der Waals surface area contributed by atoms with Crippen molar-refractivity contribution in [2.75, 3.05) is 17.2 Å². The van der Waals surface area contributed by atoms with Crippen LogP contribution in [-0.2, 0) is 4.79 Å². The van der Waals surface area contributed by atoms with Crippen LogP contribution in [0.2, 0.25) is 0 Å². The van der Waals surface area contributed by atoms with Crippen molar-refractivity contribution >= 4 is 29.0 Å². The smallest absolute Gasteiger partial charge is 0.346 e. The Balaban J connectivity index is 1.57. The summed E-state index contributed by atoms with van der Waals surface area (Å²) in [7, 11) is 0. The second kappa shape index (κ2) is 5.85. The summed E-state index contributed by atoms with van der Waals surface area (Å²) in [5.74, 6) is 0.0955. The normalized spacial score (nSPS) is 19.0. The number of nitrogens with zero attached hydrogens (tertiary/aromatic N) is 1. The highest BCUT2D eigenvalue weighted by Gasteiger charge is 2.21. The van der Waals surface area contributed by atoms with Gasteiger partial charge in [0.25, 0.3) is 0 Å². The number of amides is 3. The molecule has 6 nitrogen and oxygen atoms in total. The van der Waals surface area contributed by atoms with Gasteiger partial charge in [0.15, 0.2) is 0 Å². The first-order valence-electron chi connectivity index (χ1n) is 7.02. The average molecular weight is 296 g/mol. The van der Waals surface area contributed by atoms with E-state index < -0.39 is 0 Å². The summed E-state index contributed by atoms with van der Waals surface area (Å²) in [6, 6.07) is 7.21. The van der Waals surface area contributed by atoms with Gasteiger partial charge in [-0.1, -0.05) is 6.08 Å². The Bertz CT molecular complexity index is 701. The number of urea groups is 1. The number of anilines is 2. The molecule has 0 aromatic heterocycles. The van der Waals surface area contributed by atoms with E-state index in [-0.39, 0.29) is 17.9 Å². The van der Waals surface area contributed by atoms with E-state index in [2.05, 4.69) is 20.9 Å². The minimum absolute atomic E-state index is 0.0873. The zero-order chi connectivity index (χ0) is 15.5. The molecular formula is C16H16N4O2. The molecule has 0 saturated carbocycles. The molecule has 22 heavy (non-hydrogen) atoms. The van der Waals surface area contributed by atoms with E-state index >= 15 is 0 Å². The molecule has 0 radical (unpaired) electrons. The summed E-state index contributed by atoms with van der Waals surface area (Å²) in [4.78, 5) is 26.0. The van der Waals surface area contributed by atoms with Crippen molar-refractivity contribution in [1.29, 1.82) is 0 Å². The Morgan fingerprint density at radius 2 is 2.00 bits per heavy atom. The van der Waals surface area contributed by atoms with Gasteiger partial charge in [-0.25, -0.2) is 4.79 Å². The lowest BCUT2D eigenvalue weighted by Gasteiger charge is -2.15. The average Bonchev–Trinajstić information content (AvgIpc) is 2.85. The largest absolute Gasteiger partial charge is 0.384 e. The Morgan fingerprint density at radius 3 is 2.73 bits per heavy atom. The van der Waals surface area contributed by atoms with E-state index in [4.69, 9.17) is 0 Å². The van der Waals surface area contributed by atoms with Crippen LogP contribution in [0.25, 0.3) is 0 Å². The maximum Gasteiger partial charge on any atom is 0.346 e. The molecule has 1 aliphatic carbocycles. The van der Waals surface area contributed by atoms with Crippen LogP contribution in [0.1, 0.15) is 6.92 Å². The standard InChI is InChI=1S/C16H16N4O2/c1-10(21)18-13-5-3-12(4-6-13)17-9-11-2-7-14-15(8-11)20-16(22)19-14/h2-8,11,17H,9H2,1H3,(H,18,21)(H,20,22). The predicted molar refractivity (Wildman–Crippen MR) is 85.9 cm³/mol. The summed E-state index contributed by atoms with van der Waals surface area (Å²) in [5, 5.41) is 8.76. The number of nitrogens with one attached hydrogen (secondary N) is 3. The lowest BCUT2D eigenvalue weighted by atomic mass is 10.00. The maximum atomic E-state index is 11.2. The molecule has 0 saturated heterocycles. The first-order chi connectivity index (χ1) is 10.6. The Kier molecular flexibility index (Phi) is 3.74. The Labute approximate surface area is 128 Å². The fraction of sp³-hybridized carbons (Fsp3) is 0.188. The molecule has 3 N–H and O–H groups in total. The van der Waals surface area contributed by atoms with Gasteiger partial charge >= 0.3 is 6.03 Å². The van der Waals surface area contributed by atoms with Gasteiger partial charge in [-0.3, -0.25) is 4.79 Å². The first-order valence-corrected chi connectivity index (χ1v) is 7.02. The van der Waals surface area contributed by atoms with Gasteiger partial charge in [0.05, 0.1) is 11.4 Å². The summed E-state index contributed by atoms with van der Waals surface area (Å²) in [6.45, 7) is 2.19. The van der Waals surface area contributed by atoms with Crippen molar-refractivity contribution in [2.24, 2.45) is 10.9 Å². The lowest BCUT2D eigenvalue weighted by molar-refractivity contribution is -0.114. The number of benzene rings is 1. The van der Waals surface area contributed by atoms with Gasteiger partial charge in [0.2, 0.25) is 5.91 Å². The number of allylic oxidation sites excluding steroid dienone is 1. The van der Waals surface area contributed by atoms with Crippen LogP contribution in [-0.4, -0.2) is 24.2 Å². The number of hydrogen-bond acceptors (Lipinski definition) is 3. The lowest BCUT2D eigenvalue weighted by Crippen LogP contribution is -2.20. The van der Waals surface area contributed by atoms with Gasteiger partial charge in [-0.2, -0.15) is 4.99 Å². The predicted octanol–water partition coefficient (Wildman–Crippen LogP) is 2.29. The number of aliphatic imine (C=N–C) groups is 1. The van der Waals surface area contributed by atoms with Crippen LogP contribution in [0, 0.1) is 5.92 Å². The third-order valence-electron chi connectivity index (χ3n) is 3.37. The second-order valence-electron chi connectivity index (χ2n) is 5.17. The number of carbonyl (C=O) groups is 2. The van der Waals surface area contributed by atoms with Gasteiger partial charge in [0.1, 0.15) is 0 Å². The topological polar surface area (TPSA) is 82.6 Å². The molecule has 2 aliphatic rings. The van der Waals surface area contributed by atoms with Crippen molar-refractivity contribution in [3.63, 3.8) is 0 Å². The van der Waals surface area contributed by atoms with Crippen LogP contribution in [0.4, 0.5) is 16.2 Å². The van der Waals surface area contributed by atoms with E-state index in [0.717, 1.165) is 17.1 Å². The summed E-state index contributed by atoms with van der Waals surface area (Å²) >= 11 is 0. The van der Waals surface area contributed by atoms with E-state index in [1.54, 1.807) is 0 Å². The van der Waals surface area contributed by atoms with Crippen LogP contribution in [0.3, 0.4) is 0 Å². The summed E-state index contributed by atoms with van der Waals surface area (Å²) < 4.78 is 0. The van der Waals surface area contributed by atoms with Crippen LogP contribution in [0.5, 0.6) is 0 Å². The van der Waals surface area contributed by atoms with Crippen molar-refractivity contribution < 1.29 is 9.59 Å². The van der Waals surface area contributed by atoms with Gasteiger partial charge in [-0.05, 0) is 36.4 Å². The van der Waals surface area contributed by atoms with E-state index in [1.165, 1.54) is 6.92 Å². The van der Waals surface area contributed by atoms with Crippen molar-refractivity contribution in [1.82, 2.24) is 5.32 Å². The molecule has 3 rings (SSSR count). The second-order valence-corrected chi connectivity index (χ2v) is 5.17. The first kappa shape index (κ1) is 14.1. The molecule has 1 heterocycles. The molecule has 1 aromatic rings. The van der Waals surface area contributed by atoms with Crippen molar-refractivity contribution in [2.45, 2.75) is 6.92 Å². The SMILES string of the molecule is CC(=O)Nc1ccc(NCC2C=CC3=NC(=O)NC3=C2)cc1. The van der Waals surface area contributed by atoms with Crippen molar-refractivity contribution in [3.8, 4) is 0 Å². The molecule has 0 bridgehead atoms. The third-order valence-corrected chi connectivity index (χ3v) is 3.37. The van der Waals surface area contributed by atoms with Gasteiger partial charge in [-0.15, -0.1) is 0 Å². The fourth-order valence-electron chi connectivity index (χ4n) is 2.35. The minimum Gasteiger partial charge on any atom is -0.384 e. The van der Waals surface area contributed by atoms with Gasteiger partial charge < -0.3 is 16.0 Å². The molecule has 1 aliphatic heterocycles. The Morgan fingerprint density at radius 1 is 1.27 bits per heavy atom. The molecule has 0 spiro atoms. The zero-order valence-electron chi connectivity index (χ0n) is 12.1. The van der Waals surface area contributed by atoms with E-state index in [0.29, 0.717) is 12.3 Å². The highest BCUT2D eigenvalue weighted by Crippen LogP contribution is 2.19. The Hall–Kier alpha value is -2.89. The molecule has 1 aromatic carbocycles. The van der Waals surface area contributed by atoms with Gasteiger partial charge in [0, 0.05) is 30.8 Å². The summed E-state index contributed by atoms with van der Waals surface area (Å²) in [5.41, 5.74) is 3.21. The van der Waals surface area contributed by atoms with Crippen LogP contribution >= 0.6 is 0 Å². The number of carbonyl (C=O) groups excluding carboxylic acids is 2. The maximum absolute atomic E-state index is 11.2. The summed E-state index contributed by atoms with van der Waals surface area (Å²) in [6.07, 6.45) is 5.86. The van der Waals surface area contributed by atoms with Crippen LogP contribution in [0.15, 0.2) is 53.2 Å². The third kappa shape index (κ3) is 3.22. The van der Waals surface area contributed by atoms with E-state index in [9.17, 15) is 9.59 Å². The minimum atomic E-state index is -0.312. The highest BCUT2D eigenvalue weighted by atomic mass is 16.2. The van der Waals surface area contributed by atoms with E-state index in [1.807, 2.05) is 42.5 Å². The molecule has 0 fully saturated rings. The number of hydrogen-bond donors (Lipinski definition) is 3. The molecular weight excluding hydrogens is 280 g/mol. The molecule has 112 valence electrons. The quantitative estimate of drug-likeness (QED) is 0.797. The zero-order valence-corrected chi connectivity index (χ0v) is 12.1. The molecule has 6 heteroatoms. The number of rotatable bonds is 4. The number of fused-ring (bicyclic) bond motifs is 1. The highest BCUT2D eigenvalue weighted by molar-refractivity contribution is 6.18. The van der Waals surface area contributed by atoms with Crippen molar-refractivity contribution in [3.05, 3.63) is 48.2 Å². The van der Waals surface area contributed by atoms with Crippen LogP contribution < -0.4 is 16.0 Å². The fourth-order valence-corrected chi connectivity index (χ4v) is 2.35.